The summed E-state index contributed by atoms with van der Waals surface area (Å²) in [6.07, 6.45) is -4.44. The molecule has 0 radical (unpaired) electrons. The van der Waals surface area contributed by atoms with E-state index in [1.807, 2.05) is 0 Å². The number of benzene rings is 1. The number of hydrogen-bond donors (Lipinski definition) is 1. The van der Waals surface area contributed by atoms with Crippen LogP contribution >= 0.6 is 11.6 Å². The molecule has 0 unspecified atom stereocenters. The first-order valence-corrected chi connectivity index (χ1v) is 5.70. The van der Waals surface area contributed by atoms with Crippen molar-refractivity contribution >= 4 is 28.6 Å². The standard InChI is InChI=1S/C11H8ClF3N2O2/c12-4-9-16-7-2-1-6(10(18)19)3-8(7)17(9)5-11(13,14)15/h1-3H,4-5H2,(H,18,19). The fourth-order valence-electron chi connectivity index (χ4n) is 1.76. The molecule has 1 aromatic heterocycles. The first kappa shape index (κ1) is 13.7. The molecule has 0 saturated heterocycles. The quantitative estimate of drug-likeness (QED) is 0.885. The van der Waals surface area contributed by atoms with Crippen molar-refractivity contribution in [3.8, 4) is 0 Å². The van der Waals surface area contributed by atoms with Crippen LogP contribution in [0.1, 0.15) is 16.2 Å². The van der Waals surface area contributed by atoms with Crippen molar-refractivity contribution in [2.75, 3.05) is 0 Å². The predicted molar refractivity (Wildman–Crippen MR) is 62.3 cm³/mol. The number of hydrogen-bond acceptors (Lipinski definition) is 2. The van der Waals surface area contributed by atoms with E-state index < -0.39 is 18.7 Å². The Kier molecular flexibility index (Phi) is 3.40. The summed E-state index contributed by atoms with van der Waals surface area (Å²) in [6, 6.07) is 3.81. The molecule has 0 aliphatic carbocycles. The summed E-state index contributed by atoms with van der Waals surface area (Å²) in [7, 11) is 0. The number of nitrogens with zero attached hydrogens (tertiary/aromatic N) is 2. The van der Waals surface area contributed by atoms with Crippen molar-refractivity contribution in [2.45, 2.75) is 18.6 Å². The number of carbonyl (C=O) groups is 1. The highest BCUT2D eigenvalue weighted by molar-refractivity contribution is 6.16. The predicted octanol–water partition coefficient (Wildman–Crippen LogP) is 3.04. The van der Waals surface area contributed by atoms with Gasteiger partial charge in [-0.1, -0.05) is 0 Å². The van der Waals surface area contributed by atoms with E-state index in [2.05, 4.69) is 4.98 Å². The van der Waals surface area contributed by atoms with E-state index in [9.17, 15) is 18.0 Å². The van der Waals surface area contributed by atoms with Gasteiger partial charge in [0.05, 0.1) is 22.5 Å². The molecule has 1 N–H and O–H groups in total. The van der Waals surface area contributed by atoms with Gasteiger partial charge in [-0.25, -0.2) is 9.78 Å². The average molecular weight is 293 g/mol. The SMILES string of the molecule is O=C(O)c1ccc2nc(CCl)n(CC(F)(F)F)c2c1. The van der Waals surface area contributed by atoms with Crippen LogP contribution in [0, 0.1) is 0 Å². The molecule has 0 bridgehead atoms. The number of rotatable bonds is 3. The molecule has 0 aliphatic heterocycles. The van der Waals surface area contributed by atoms with Crippen LogP contribution in [0.2, 0.25) is 0 Å². The fourth-order valence-corrected chi connectivity index (χ4v) is 1.97. The lowest BCUT2D eigenvalue weighted by molar-refractivity contribution is -0.140. The zero-order valence-corrected chi connectivity index (χ0v) is 10.2. The zero-order valence-electron chi connectivity index (χ0n) is 9.41. The van der Waals surface area contributed by atoms with Crippen molar-refractivity contribution in [3.05, 3.63) is 29.6 Å². The van der Waals surface area contributed by atoms with Gasteiger partial charge in [0.15, 0.2) is 0 Å². The highest BCUT2D eigenvalue weighted by atomic mass is 35.5. The molecule has 0 aliphatic rings. The number of carboxylic acids is 1. The average Bonchev–Trinajstić information content (AvgIpc) is 2.64. The van der Waals surface area contributed by atoms with E-state index in [1.54, 1.807) is 0 Å². The second-order valence-electron chi connectivity index (χ2n) is 3.87. The summed E-state index contributed by atoms with van der Waals surface area (Å²) in [5, 5.41) is 8.85. The van der Waals surface area contributed by atoms with Crippen LogP contribution in [-0.2, 0) is 12.4 Å². The Morgan fingerprint density at radius 2 is 2.11 bits per heavy atom. The smallest absolute Gasteiger partial charge is 0.406 e. The summed E-state index contributed by atoms with van der Waals surface area (Å²) < 4.78 is 38.4. The second kappa shape index (κ2) is 4.73. The van der Waals surface area contributed by atoms with Crippen LogP contribution in [0.5, 0.6) is 0 Å². The molecule has 2 rings (SSSR count). The summed E-state index contributed by atoms with van der Waals surface area (Å²) in [6.45, 7) is -1.26. The molecule has 8 heteroatoms. The minimum absolute atomic E-state index is 0.0523. The summed E-state index contributed by atoms with van der Waals surface area (Å²) in [5.41, 5.74) is 0.287. The number of halogens is 4. The molecule has 1 aromatic carbocycles. The lowest BCUT2D eigenvalue weighted by atomic mass is 10.2. The maximum Gasteiger partial charge on any atom is 0.406 e. The molecular weight excluding hydrogens is 285 g/mol. The van der Waals surface area contributed by atoms with Gasteiger partial charge in [-0.05, 0) is 18.2 Å². The Balaban J connectivity index is 2.63. The van der Waals surface area contributed by atoms with Crippen LogP contribution in [-0.4, -0.2) is 26.8 Å². The molecule has 2 aromatic rings. The number of carboxylic acid groups (broad SMARTS) is 1. The van der Waals surface area contributed by atoms with E-state index in [4.69, 9.17) is 16.7 Å². The minimum Gasteiger partial charge on any atom is -0.478 e. The molecular formula is C11H8ClF3N2O2. The number of aromatic nitrogens is 2. The minimum atomic E-state index is -4.44. The fraction of sp³-hybridized carbons (Fsp3) is 0.273. The normalized spacial score (nSPS) is 12.0. The first-order valence-electron chi connectivity index (χ1n) is 5.17. The van der Waals surface area contributed by atoms with Crippen molar-refractivity contribution < 1.29 is 23.1 Å². The number of aromatic carboxylic acids is 1. The van der Waals surface area contributed by atoms with Crippen molar-refractivity contribution in [1.29, 1.82) is 0 Å². The van der Waals surface area contributed by atoms with E-state index in [1.165, 1.54) is 12.1 Å². The van der Waals surface area contributed by atoms with Crippen molar-refractivity contribution in [3.63, 3.8) is 0 Å². The molecule has 4 nitrogen and oxygen atoms in total. The Morgan fingerprint density at radius 3 is 2.63 bits per heavy atom. The van der Waals surface area contributed by atoms with Crippen LogP contribution in [0.3, 0.4) is 0 Å². The van der Waals surface area contributed by atoms with Gasteiger partial charge in [0.1, 0.15) is 12.4 Å². The third-order valence-corrected chi connectivity index (χ3v) is 2.77. The van der Waals surface area contributed by atoms with Crippen molar-refractivity contribution in [1.82, 2.24) is 9.55 Å². The maximum atomic E-state index is 12.5. The largest absolute Gasteiger partial charge is 0.478 e. The maximum absolute atomic E-state index is 12.5. The molecule has 0 amide bonds. The van der Waals surface area contributed by atoms with Crippen LogP contribution < -0.4 is 0 Å². The van der Waals surface area contributed by atoms with Gasteiger partial charge in [0.2, 0.25) is 0 Å². The van der Waals surface area contributed by atoms with Gasteiger partial charge < -0.3 is 9.67 Å². The third kappa shape index (κ3) is 2.81. The summed E-state index contributed by atoms with van der Waals surface area (Å²) >= 11 is 5.57. The summed E-state index contributed by atoms with van der Waals surface area (Å²) in [5.74, 6) is -1.35. The lowest BCUT2D eigenvalue weighted by Gasteiger charge is -2.10. The monoisotopic (exact) mass is 292 g/mol. The lowest BCUT2D eigenvalue weighted by Crippen LogP contribution is -2.19. The Labute approximate surface area is 110 Å². The van der Waals surface area contributed by atoms with E-state index in [0.29, 0.717) is 0 Å². The third-order valence-electron chi connectivity index (χ3n) is 2.53. The van der Waals surface area contributed by atoms with Crippen LogP contribution in [0.25, 0.3) is 11.0 Å². The van der Waals surface area contributed by atoms with E-state index in [-0.39, 0.29) is 28.3 Å². The van der Waals surface area contributed by atoms with Gasteiger partial charge in [0, 0.05) is 0 Å². The number of alkyl halides is 4. The van der Waals surface area contributed by atoms with Gasteiger partial charge in [-0.3, -0.25) is 0 Å². The Hall–Kier alpha value is -1.76. The van der Waals surface area contributed by atoms with Crippen LogP contribution in [0.15, 0.2) is 18.2 Å². The highest BCUT2D eigenvalue weighted by Crippen LogP contribution is 2.25. The highest BCUT2D eigenvalue weighted by Gasteiger charge is 2.30. The topological polar surface area (TPSA) is 55.1 Å². The van der Waals surface area contributed by atoms with Gasteiger partial charge in [0.25, 0.3) is 0 Å². The van der Waals surface area contributed by atoms with Gasteiger partial charge >= 0.3 is 12.1 Å². The number of imidazole rings is 1. The van der Waals surface area contributed by atoms with Gasteiger partial charge in [-0.15, -0.1) is 11.6 Å². The molecule has 0 saturated carbocycles. The Bertz CT molecular complexity index is 637. The van der Waals surface area contributed by atoms with E-state index >= 15 is 0 Å². The zero-order chi connectivity index (χ0) is 14.2. The molecule has 0 atom stereocenters. The molecule has 0 spiro atoms. The van der Waals surface area contributed by atoms with E-state index in [0.717, 1.165) is 10.6 Å². The summed E-state index contributed by atoms with van der Waals surface area (Å²) in [4.78, 5) is 14.8. The van der Waals surface area contributed by atoms with Crippen molar-refractivity contribution in [2.24, 2.45) is 0 Å². The second-order valence-corrected chi connectivity index (χ2v) is 4.14. The number of fused-ring (bicyclic) bond motifs is 1. The molecule has 102 valence electrons. The molecule has 1 heterocycles. The molecule has 19 heavy (non-hydrogen) atoms. The van der Waals surface area contributed by atoms with Crippen LogP contribution in [0.4, 0.5) is 13.2 Å². The first-order chi connectivity index (χ1) is 8.81. The van der Waals surface area contributed by atoms with Gasteiger partial charge in [-0.2, -0.15) is 13.2 Å². The Morgan fingerprint density at radius 1 is 1.42 bits per heavy atom. The molecule has 0 fully saturated rings.